The molecular formula is C28H22N4O4. The maximum absolute atomic E-state index is 11.0. The van der Waals surface area contributed by atoms with Gasteiger partial charge in [0.05, 0.1) is 16.2 Å². The average Bonchev–Trinajstić information content (AvgIpc) is 3.35. The van der Waals surface area contributed by atoms with Gasteiger partial charge in [-0.1, -0.05) is 54.6 Å². The van der Waals surface area contributed by atoms with E-state index in [1.54, 1.807) is 42.3 Å². The van der Waals surface area contributed by atoms with Gasteiger partial charge in [-0.05, 0) is 54.4 Å². The summed E-state index contributed by atoms with van der Waals surface area (Å²) in [7, 11) is 0. The number of hydrazone groups is 1. The van der Waals surface area contributed by atoms with Gasteiger partial charge in [0.25, 0.3) is 5.69 Å². The number of phenolic OH excluding ortho intramolecular Hbond substituents is 1. The second-order valence-corrected chi connectivity index (χ2v) is 8.15. The van der Waals surface area contributed by atoms with E-state index in [-0.39, 0.29) is 11.4 Å². The summed E-state index contributed by atoms with van der Waals surface area (Å²) in [5.74, 6) is 0.959. The highest BCUT2D eigenvalue weighted by Gasteiger charge is 2.34. The maximum Gasteiger partial charge on any atom is 0.269 e. The van der Waals surface area contributed by atoms with Crippen LogP contribution in [-0.4, -0.2) is 26.8 Å². The Hall–Kier alpha value is -4.98. The molecule has 1 atom stereocenters. The largest absolute Gasteiger partial charge is 0.507 e. The molecule has 178 valence electrons. The lowest BCUT2D eigenvalue weighted by molar-refractivity contribution is -0.384. The van der Waals surface area contributed by atoms with Crippen LogP contribution in [0.1, 0.15) is 24.3 Å². The van der Waals surface area contributed by atoms with Gasteiger partial charge >= 0.3 is 0 Å². The summed E-state index contributed by atoms with van der Waals surface area (Å²) in [4.78, 5) is 15.1. The molecule has 4 aromatic rings. The van der Waals surface area contributed by atoms with Gasteiger partial charge in [0.2, 0.25) is 12.1 Å². The summed E-state index contributed by atoms with van der Waals surface area (Å²) >= 11 is 0. The van der Waals surface area contributed by atoms with Crippen molar-refractivity contribution in [1.29, 1.82) is 0 Å². The third-order valence-corrected chi connectivity index (χ3v) is 5.77. The van der Waals surface area contributed by atoms with Crippen LogP contribution in [0.2, 0.25) is 0 Å². The molecule has 0 fully saturated rings. The van der Waals surface area contributed by atoms with Gasteiger partial charge < -0.3 is 9.84 Å². The fourth-order valence-corrected chi connectivity index (χ4v) is 3.91. The van der Waals surface area contributed by atoms with Gasteiger partial charge in [0, 0.05) is 17.7 Å². The number of hydrogen-bond donors (Lipinski definition) is 1. The van der Waals surface area contributed by atoms with E-state index in [1.807, 2.05) is 60.7 Å². The first-order valence-electron chi connectivity index (χ1n) is 11.3. The van der Waals surface area contributed by atoms with E-state index in [0.717, 1.165) is 16.7 Å². The van der Waals surface area contributed by atoms with Crippen molar-refractivity contribution in [2.24, 2.45) is 10.1 Å². The van der Waals surface area contributed by atoms with Crippen LogP contribution in [0, 0.1) is 10.1 Å². The molecule has 5 rings (SSSR count). The van der Waals surface area contributed by atoms with Crippen LogP contribution in [0.4, 0.5) is 11.4 Å². The maximum atomic E-state index is 11.0. The zero-order valence-corrected chi connectivity index (χ0v) is 19.4. The molecule has 1 aliphatic rings. The molecule has 0 aromatic heterocycles. The molecule has 8 heteroatoms. The van der Waals surface area contributed by atoms with E-state index in [1.165, 1.54) is 12.1 Å². The Morgan fingerprint density at radius 1 is 0.889 bits per heavy atom. The van der Waals surface area contributed by atoms with Crippen LogP contribution < -0.4 is 0 Å². The van der Waals surface area contributed by atoms with Gasteiger partial charge in [-0.15, -0.1) is 5.10 Å². The van der Waals surface area contributed by atoms with Crippen LogP contribution in [0.25, 0.3) is 11.1 Å². The fraction of sp³-hybridized carbons (Fsp3) is 0.0714. The quantitative estimate of drug-likeness (QED) is 0.155. The molecule has 0 saturated carbocycles. The second kappa shape index (κ2) is 9.71. The highest BCUT2D eigenvalue weighted by molar-refractivity contribution is 5.97. The summed E-state index contributed by atoms with van der Waals surface area (Å²) in [6, 6.07) is 30.8. The number of benzene rings is 4. The summed E-state index contributed by atoms with van der Waals surface area (Å²) in [6.45, 7) is 1.77. The zero-order chi connectivity index (χ0) is 25.1. The molecule has 1 unspecified atom stereocenters. The third-order valence-electron chi connectivity index (χ3n) is 5.77. The Morgan fingerprint density at radius 2 is 1.50 bits per heavy atom. The molecule has 0 amide bonds. The number of hydrogen-bond acceptors (Lipinski definition) is 6. The summed E-state index contributed by atoms with van der Waals surface area (Å²) in [5, 5.41) is 27.7. The molecule has 0 spiro atoms. The molecule has 1 heterocycles. The van der Waals surface area contributed by atoms with Crippen molar-refractivity contribution in [3.63, 3.8) is 0 Å². The Balaban J connectivity index is 1.48. The van der Waals surface area contributed by atoms with E-state index >= 15 is 0 Å². The Labute approximate surface area is 207 Å². The van der Waals surface area contributed by atoms with Crippen molar-refractivity contribution in [2.75, 3.05) is 0 Å². The van der Waals surface area contributed by atoms with Gasteiger partial charge in [-0.3, -0.25) is 10.1 Å². The lowest BCUT2D eigenvalue weighted by Crippen LogP contribution is -2.25. The SMILES string of the molecule is CC(=Nc1ccc([N+](=O)[O-])cc1)N1N=C(c2ccc(-c3ccccc3)cc2)OC1c1ccccc1O. The number of para-hydroxylation sites is 1. The van der Waals surface area contributed by atoms with Crippen LogP contribution in [0.15, 0.2) is 113 Å². The molecule has 1 aliphatic heterocycles. The number of nitro benzene ring substituents is 1. The first-order valence-corrected chi connectivity index (χ1v) is 11.3. The first-order chi connectivity index (χ1) is 17.5. The number of ether oxygens (including phenoxy) is 1. The van der Waals surface area contributed by atoms with Crippen molar-refractivity contribution in [3.8, 4) is 16.9 Å². The smallest absolute Gasteiger partial charge is 0.269 e. The number of nitrogens with zero attached hydrogens (tertiary/aromatic N) is 4. The van der Waals surface area contributed by atoms with Crippen LogP contribution in [0.5, 0.6) is 5.75 Å². The fourth-order valence-electron chi connectivity index (χ4n) is 3.91. The second-order valence-electron chi connectivity index (χ2n) is 8.15. The van der Waals surface area contributed by atoms with Crippen molar-refractivity contribution in [2.45, 2.75) is 13.2 Å². The minimum Gasteiger partial charge on any atom is -0.507 e. The Kier molecular flexibility index (Phi) is 6.15. The van der Waals surface area contributed by atoms with Gasteiger partial charge in [-0.2, -0.15) is 0 Å². The molecule has 0 radical (unpaired) electrons. The number of amidine groups is 1. The minimum atomic E-state index is -0.739. The molecule has 4 aromatic carbocycles. The monoisotopic (exact) mass is 478 g/mol. The first kappa shape index (κ1) is 22.8. The van der Waals surface area contributed by atoms with E-state index in [2.05, 4.69) is 10.1 Å². The van der Waals surface area contributed by atoms with Crippen molar-refractivity contribution >= 4 is 23.1 Å². The van der Waals surface area contributed by atoms with Crippen molar-refractivity contribution in [3.05, 3.63) is 124 Å². The van der Waals surface area contributed by atoms with E-state index in [9.17, 15) is 15.2 Å². The Bertz CT molecular complexity index is 1450. The molecule has 0 bridgehead atoms. The number of nitro groups is 1. The molecule has 0 aliphatic carbocycles. The van der Waals surface area contributed by atoms with E-state index in [4.69, 9.17) is 4.74 Å². The van der Waals surface area contributed by atoms with E-state index < -0.39 is 11.2 Å². The number of rotatable bonds is 5. The highest BCUT2D eigenvalue weighted by Crippen LogP contribution is 2.36. The molecule has 0 saturated heterocycles. The van der Waals surface area contributed by atoms with Gasteiger partial charge in [0.15, 0.2) is 0 Å². The highest BCUT2D eigenvalue weighted by atomic mass is 16.6. The van der Waals surface area contributed by atoms with Gasteiger partial charge in [-0.25, -0.2) is 10.0 Å². The molecule has 1 N–H and O–H groups in total. The molecule has 36 heavy (non-hydrogen) atoms. The lowest BCUT2D eigenvalue weighted by atomic mass is 10.0. The lowest BCUT2D eigenvalue weighted by Gasteiger charge is -2.22. The van der Waals surface area contributed by atoms with Crippen molar-refractivity contribution in [1.82, 2.24) is 5.01 Å². The van der Waals surface area contributed by atoms with E-state index in [0.29, 0.717) is 23.0 Å². The summed E-state index contributed by atoms with van der Waals surface area (Å²) in [5.41, 5.74) is 4.02. The molecule has 8 nitrogen and oxygen atoms in total. The summed E-state index contributed by atoms with van der Waals surface area (Å²) in [6.07, 6.45) is -0.739. The van der Waals surface area contributed by atoms with Crippen molar-refractivity contribution < 1.29 is 14.8 Å². The summed E-state index contributed by atoms with van der Waals surface area (Å²) < 4.78 is 6.23. The predicted octanol–water partition coefficient (Wildman–Crippen LogP) is 6.41. The topological polar surface area (TPSA) is 101 Å². The number of non-ortho nitro benzene ring substituents is 1. The number of phenols is 1. The average molecular weight is 479 g/mol. The van der Waals surface area contributed by atoms with Crippen LogP contribution in [-0.2, 0) is 4.74 Å². The van der Waals surface area contributed by atoms with Crippen LogP contribution in [0.3, 0.4) is 0 Å². The number of aromatic hydroxyl groups is 1. The van der Waals surface area contributed by atoms with Gasteiger partial charge in [0.1, 0.15) is 11.6 Å². The van der Waals surface area contributed by atoms with Crippen LogP contribution >= 0.6 is 0 Å². The zero-order valence-electron chi connectivity index (χ0n) is 19.4. The standard InChI is InChI=1S/C28H22N4O4/c1-19(29-23-15-17-24(18-16-23)32(34)35)31-28(25-9-5-6-10-26(25)33)36-27(30-31)22-13-11-21(12-14-22)20-7-3-2-4-8-20/h2-18,28,33H,1H3. The Morgan fingerprint density at radius 3 is 2.17 bits per heavy atom. The third kappa shape index (κ3) is 4.65. The normalized spacial score (nSPS) is 15.4. The number of aliphatic imine (C=N–C) groups is 1. The molecular weight excluding hydrogens is 456 g/mol. The minimum absolute atomic E-state index is 0.0116. The predicted molar refractivity (Wildman–Crippen MR) is 138 cm³/mol.